The molecule has 0 N–H and O–H groups in total. The van der Waals surface area contributed by atoms with Crippen LogP contribution in [-0.4, -0.2) is 58.4 Å². The summed E-state index contributed by atoms with van der Waals surface area (Å²) in [5, 5.41) is 1.27. The molecule has 5 aromatic rings. The molecule has 188 valence electrons. The summed E-state index contributed by atoms with van der Waals surface area (Å²) in [4.78, 5) is 22.9. The largest absolute Gasteiger partial charge is 0.497 e. The van der Waals surface area contributed by atoms with Gasteiger partial charge in [-0.3, -0.25) is 9.69 Å². The zero-order valence-electron chi connectivity index (χ0n) is 21.2. The number of carbonyl (C=O) groups excluding carboxylic acids is 1. The van der Waals surface area contributed by atoms with Gasteiger partial charge in [-0.2, -0.15) is 0 Å². The molecule has 0 spiro atoms. The van der Waals surface area contributed by atoms with Crippen LogP contribution in [0.3, 0.4) is 0 Å². The van der Waals surface area contributed by atoms with Gasteiger partial charge in [0, 0.05) is 66.0 Å². The Bertz CT molecular complexity index is 1530. The Kier molecular flexibility index (Phi) is 6.40. The highest BCUT2D eigenvalue weighted by Crippen LogP contribution is 2.35. The van der Waals surface area contributed by atoms with Crippen molar-refractivity contribution in [3.63, 3.8) is 0 Å². The van der Waals surface area contributed by atoms with Crippen molar-refractivity contribution >= 4 is 33.0 Å². The van der Waals surface area contributed by atoms with Gasteiger partial charge in [-0.15, -0.1) is 11.3 Å². The molecule has 6 nitrogen and oxygen atoms in total. The predicted molar refractivity (Wildman–Crippen MR) is 150 cm³/mol. The van der Waals surface area contributed by atoms with Gasteiger partial charge in [0.1, 0.15) is 11.4 Å². The molecule has 1 amide bonds. The van der Waals surface area contributed by atoms with Gasteiger partial charge in [0.2, 0.25) is 5.91 Å². The second-order valence-electron chi connectivity index (χ2n) is 9.44. The minimum absolute atomic E-state index is 0.237. The fraction of sp³-hybridized carbons (Fsp3) is 0.267. The number of fused-ring (bicyclic) bond motifs is 2. The average Bonchev–Trinajstić information content (AvgIpc) is 3.54. The zero-order chi connectivity index (χ0) is 25.4. The molecular formula is C30H30N4O2S. The van der Waals surface area contributed by atoms with Crippen molar-refractivity contribution in [3.05, 3.63) is 78.6 Å². The first-order valence-electron chi connectivity index (χ1n) is 12.8. The van der Waals surface area contributed by atoms with Crippen molar-refractivity contribution in [2.24, 2.45) is 0 Å². The fourth-order valence-electron chi connectivity index (χ4n) is 5.09. The van der Waals surface area contributed by atoms with Gasteiger partial charge in [-0.25, -0.2) is 4.98 Å². The Morgan fingerprint density at radius 2 is 1.73 bits per heavy atom. The number of hydrogen-bond donors (Lipinski definition) is 0. The summed E-state index contributed by atoms with van der Waals surface area (Å²) in [6.07, 6.45) is 2.79. The number of rotatable bonds is 6. The maximum atomic E-state index is 12.2. The zero-order valence-corrected chi connectivity index (χ0v) is 22.0. The Morgan fingerprint density at radius 3 is 2.46 bits per heavy atom. The van der Waals surface area contributed by atoms with Crippen molar-refractivity contribution in [1.29, 1.82) is 0 Å². The van der Waals surface area contributed by atoms with Gasteiger partial charge >= 0.3 is 0 Å². The van der Waals surface area contributed by atoms with Gasteiger partial charge in [0.05, 0.1) is 18.5 Å². The van der Waals surface area contributed by atoms with Crippen LogP contribution in [0.2, 0.25) is 0 Å². The highest BCUT2D eigenvalue weighted by atomic mass is 32.1. The molecule has 0 bridgehead atoms. The van der Waals surface area contributed by atoms with E-state index in [4.69, 9.17) is 9.72 Å². The van der Waals surface area contributed by atoms with Gasteiger partial charge in [0.25, 0.3) is 0 Å². The van der Waals surface area contributed by atoms with Crippen molar-refractivity contribution in [2.75, 3.05) is 33.3 Å². The minimum atomic E-state index is 0.237. The number of imidazole rings is 1. The van der Waals surface area contributed by atoms with Crippen molar-refractivity contribution in [1.82, 2.24) is 19.2 Å². The molecule has 37 heavy (non-hydrogen) atoms. The maximum Gasteiger partial charge on any atom is 0.222 e. The number of piperazine rings is 1. The topological polar surface area (TPSA) is 50.1 Å². The SMILES string of the molecule is CCC(=O)N1CCN(Cc2c(-c3ccc(OC)cc3)nc3ccc(-c4cc5ccccc5s4)cn23)CC1. The number of thiophene rings is 1. The first-order chi connectivity index (χ1) is 18.1. The Balaban J connectivity index is 1.39. The molecule has 4 heterocycles. The monoisotopic (exact) mass is 510 g/mol. The third-order valence-electron chi connectivity index (χ3n) is 7.19. The van der Waals surface area contributed by atoms with Crippen LogP contribution in [0.25, 0.3) is 37.4 Å². The van der Waals surface area contributed by atoms with E-state index < -0.39 is 0 Å². The van der Waals surface area contributed by atoms with E-state index in [-0.39, 0.29) is 5.91 Å². The van der Waals surface area contributed by atoms with Gasteiger partial charge in [-0.1, -0.05) is 25.1 Å². The van der Waals surface area contributed by atoms with Crippen LogP contribution in [0.5, 0.6) is 5.75 Å². The number of methoxy groups -OCH3 is 1. The molecule has 1 aliphatic rings. The lowest BCUT2D eigenvalue weighted by atomic mass is 10.1. The van der Waals surface area contributed by atoms with Crippen LogP contribution in [0.15, 0.2) is 72.9 Å². The lowest BCUT2D eigenvalue weighted by Crippen LogP contribution is -2.48. The third-order valence-corrected chi connectivity index (χ3v) is 8.36. The number of nitrogens with zero attached hydrogens (tertiary/aromatic N) is 4. The van der Waals surface area contributed by atoms with Crippen LogP contribution in [-0.2, 0) is 11.3 Å². The number of pyridine rings is 1. The third kappa shape index (κ3) is 4.61. The number of aromatic nitrogens is 2. The van der Waals surface area contributed by atoms with Gasteiger partial charge in [0.15, 0.2) is 0 Å². The van der Waals surface area contributed by atoms with E-state index in [2.05, 4.69) is 70.1 Å². The number of carbonyl (C=O) groups is 1. The van der Waals surface area contributed by atoms with Gasteiger partial charge < -0.3 is 14.0 Å². The van der Waals surface area contributed by atoms with Crippen molar-refractivity contribution in [2.45, 2.75) is 19.9 Å². The lowest BCUT2D eigenvalue weighted by molar-refractivity contribution is -0.132. The standard InChI is InChI=1S/C30H30N4O2S/c1-3-29(35)33-16-14-32(15-17-33)20-25-30(21-8-11-24(36-2)12-9-21)31-28-13-10-23(19-34(25)28)27-18-22-6-4-5-7-26(22)37-27/h4-13,18-19H,3,14-17,20H2,1-2H3. The van der Waals surface area contributed by atoms with Gasteiger partial charge in [-0.05, 0) is 53.9 Å². The van der Waals surface area contributed by atoms with E-state index >= 15 is 0 Å². The molecule has 0 unspecified atom stereocenters. The minimum Gasteiger partial charge on any atom is -0.497 e. The summed E-state index contributed by atoms with van der Waals surface area (Å²) < 4.78 is 8.93. The Morgan fingerprint density at radius 1 is 0.973 bits per heavy atom. The highest BCUT2D eigenvalue weighted by Gasteiger charge is 2.23. The molecule has 0 atom stereocenters. The van der Waals surface area contributed by atoms with Crippen molar-refractivity contribution in [3.8, 4) is 27.4 Å². The Labute approximate surface area is 220 Å². The van der Waals surface area contributed by atoms with Crippen LogP contribution in [0, 0.1) is 0 Å². The average molecular weight is 511 g/mol. The molecule has 1 aliphatic heterocycles. The van der Waals surface area contributed by atoms with E-state index in [0.29, 0.717) is 6.42 Å². The summed E-state index contributed by atoms with van der Waals surface area (Å²) in [5.74, 6) is 1.07. The van der Waals surface area contributed by atoms with Crippen LogP contribution < -0.4 is 4.74 Å². The fourth-order valence-corrected chi connectivity index (χ4v) is 6.14. The molecule has 0 radical (unpaired) electrons. The number of amides is 1. The summed E-state index contributed by atoms with van der Waals surface area (Å²) in [6, 6.07) is 23.2. The lowest BCUT2D eigenvalue weighted by Gasteiger charge is -2.34. The predicted octanol–water partition coefficient (Wildman–Crippen LogP) is 5.95. The van der Waals surface area contributed by atoms with Crippen LogP contribution in [0.1, 0.15) is 19.0 Å². The second kappa shape index (κ2) is 10.00. The van der Waals surface area contributed by atoms with E-state index in [9.17, 15) is 4.79 Å². The second-order valence-corrected chi connectivity index (χ2v) is 10.5. The quantitative estimate of drug-likeness (QED) is 0.283. The highest BCUT2D eigenvalue weighted by molar-refractivity contribution is 7.22. The maximum absolute atomic E-state index is 12.2. The molecule has 1 saturated heterocycles. The molecule has 0 saturated carbocycles. The first-order valence-corrected chi connectivity index (χ1v) is 13.6. The summed E-state index contributed by atoms with van der Waals surface area (Å²) >= 11 is 1.82. The number of ether oxygens (including phenoxy) is 1. The van der Waals surface area contributed by atoms with Crippen LogP contribution in [0.4, 0.5) is 0 Å². The number of hydrogen-bond acceptors (Lipinski definition) is 5. The summed E-state index contributed by atoms with van der Waals surface area (Å²) in [5.41, 5.74) is 5.35. The molecule has 3 aromatic heterocycles. The molecule has 2 aromatic carbocycles. The molecule has 0 aliphatic carbocycles. The van der Waals surface area contributed by atoms with E-state index in [0.717, 1.165) is 55.4 Å². The van der Waals surface area contributed by atoms with E-state index in [1.807, 2.05) is 35.3 Å². The van der Waals surface area contributed by atoms with Crippen LogP contribution >= 0.6 is 11.3 Å². The van der Waals surface area contributed by atoms with E-state index in [1.54, 1.807) is 7.11 Å². The van der Waals surface area contributed by atoms with E-state index in [1.165, 1.54) is 26.2 Å². The summed E-state index contributed by atoms with van der Waals surface area (Å²) in [7, 11) is 1.68. The summed E-state index contributed by atoms with van der Waals surface area (Å²) in [6.45, 7) is 5.96. The first kappa shape index (κ1) is 23.7. The number of benzene rings is 2. The smallest absolute Gasteiger partial charge is 0.222 e. The Hall–Kier alpha value is -3.68. The molecule has 6 rings (SSSR count). The molecule has 7 heteroatoms. The molecular weight excluding hydrogens is 480 g/mol. The van der Waals surface area contributed by atoms with Crippen molar-refractivity contribution < 1.29 is 9.53 Å². The normalized spacial score (nSPS) is 14.5. The molecule has 1 fully saturated rings.